The van der Waals surface area contributed by atoms with E-state index in [2.05, 4.69) is 15.3 Å². The van der Waals surface area contributed by atoms with E-state index in [0.29, 0.717) is 22.8 Å². The summed E-state index contributed by atoms with van der Waals surface area (Å²) in [5.41, 5.74) is 6.27. The summed E-state index contributed by atoms with van der Waals surface area (Å²) < 4.78 is 1.58. The lowest BCUT2D eigenvalue weighted by Crippen LogP contribution is -2.12. The van der Waals surface area contributed by atoms with Crippen LogP contribution in [0.3, 0.4) is 0 Å². The van der Waals surface area contributed by atoms with Gasteiger partial charge in [0.2, 0.25) is 5.78 Å². The number of nitrogen functional groups attached to an aromatic ring is 1. The number of nitrogens with zero attached hydrogens (tertiary/aromatic N) is 3. The molecule has 2 aromatic heterocycles. The monoisotopic (exact) mass is 253 g/mol. The molecule has 7 heteroatoms. The smallest absolute Gasteiger partial charge is 0.217 e. The van der Waals surface area contributed by atoms with Crippen LogP contribution in [-0.4, -0.2) is 25.8 Å². The molecule has 2 rings (SSSR count). The van der Waals surface area contributed by atoms with E-state index < -0.39 is 0 Å². The number of carbonyl (C=O) groups excluding carboxylic acids is 1. The zero-order chi connectivity index (χ0) is 12.4. The highest BCUT2D eigenvalue weighted by Gasteiger charge is 2.21. The van der Waals surface area contributed by atoms with Crippen LogP contribution in [0.15, 0.2) is 12.4 Å². The summed E-state index contributed by atoms with van der Waals surface area (Å²) >= 11 is 5.97. The highest BCUT2D eigenvalue weighted by Crippen LogP contribution is 2.21. The van der Waals surface area contributed by atoms with Gasteiger partial charge in [0.1, 0.15) is 11.5 Å². The molecular weight excluding hydrogens is 242 g/mol. The molecule has 6 nitrogen and oxygen atoms in total. The summed E-state index contributed by atoms with van der Waals surface area (Å²) in [5, 5.41) is 10.6. The van der Waals surface area contributed by atoms with Crippen molar-refractivity contribution in [3.05, 3.63) is 28.7 Å². The van der Waals surface area contributed by atoms with E-state index >= 15 is 0 Å². The van der Waals surface area contributed by atoms with Crippen LogP contribution in [0, 0.1) is 0 Å². The Morgan fingerprint density at radius 3 is 2.94 bits per heavy atom. The molecule has 0 amide bonds. The normalized spacial score (nSPS) is 10.7. The van der Waals surface area contributed by atoms with Gasteiger partial charge in [-0.05, 0) is 6.42 Å². The van der Waals surface area contributed by atoms with Crippen LogP contribution in [0.1, 0.15) is 29.4 Å². The van der Waals surface area contributed by atoms with E-state index in [1.165, 1.54) is 12.4 Å². The van der Waals surface area contributed by atoms with Crippen molar-refractivity contribution in [3.8, 4) is 0 Å². The van der Waals surface area contributed by atoms with Gasteiger partial charge in [-0.2, -0.15) is 10.2 Å². The van der Waals surface area contributed by atoms with E-state index in [4.69, 9.17) is 17.3 Å². The van der Waals surface area contributed by atoms with Crippen LogP contribution in [0.25, 0.3) is 0 Å². The van der Waals surface area contributed by atoms with Gasteiger partial charge in [0.15, 0.2) is 0 Å². The number of H-pyrrole nitrogens is 1. The predicted octanol–water partition coefficient (Wildman–Crippen LogP) is 1.48. The maximum absolute atomic E-state index is 12.2. The zero-order valence-electron chi connectivity index (χ0n) is 9.27. The molecule has 0 bridgehead atoms. The Kier molecular flexibility index (Phi) is 3.14. The van der Waals surface area contributed by atoms with Gasteiger partial charge in [-0.3, -0.25) is 14.6 Å². The molecule has 17 heavy (non-hydrogen) atoms. The molecule has 90 valence electrons. The standard InChI is InChI=1S/C10H12ClN5O/c1-2-3-16-8(7(11)5-14-16)9(17)6-4-13-15-10(6)12/h4-5H,2-3H2,1H3,(H3,12,13,15). The number of hydrogen-bond donors (Lipinski definition) is 2. The van der Waals surface area contributed by atoms with Gasteiger partial charge in [-0.15, -0.1) is 0 Å². The third kappa shape index (κ3) is 2.03. The minimum atomic E-state index is -0.271. The zero-order valence-corrected chi connectivity index (χ0v) is 10.0. The number of aromatic amines is 1. The maximum Gasteiger partial charge on any atom is 0.217 e. The van der Waals surface area contributed by atoms with E-state index in [1.54, 1.807) is 4.68 Å². The van der Waals surface area contributed by atoms with Gasteiger partial charge < -0.3 is 5.73 Å². The number of aryl methyl sites for hydroxylation is 1. The second kappa shape index (κ2) is 4.58. The minimum absolute atomic E-state index is 0.232. The Morgan fingerprint density at radius 1 is 1.59 bits per heavy atom. The van der Waals surface area contributed by atoms with Crippen molar-refractivity contribution in [1.82, 2.24) is 20.0 Å². The van der Waals surface area contributed by atoms with Crippen molar-refractivity contribution in [1.29, 1.82) is 0 Å². The lowest BCUT2D eigenvalue weighted by atomic mass is 10.1. The average Bonchev–Trinajstić information content (AvgIpc) is 2.86. The summed E-state index contributed by atoms with van der Waals surface area (Å²) in [6.07, 6.45) is 3.71. The highest BCUT2D eigenvalue weighted by molar-refractivity contribution is 6.34. The fourth-order valence-corrected chi connectivity index (χ4v) is 1.80. The summed E-state index contributed by atoms with van der Waals surface area (Å²) in [5.74, 6) is -0.0393. The molecule has 0 unspecified atom stereocenters. The molecule has 0 aliphatic rings. The van der Waals surface area contributed by atoms with Gasteiger partial charge >= 0.3 is 0 Å². The average molecular weight is 254 g/mol. The Bertz CT molecular complexity index is 545. The molecule has 0 saturated carbocycles. The Labute approximate surface area is 103 Å². The number of anilines is 1. The van der Waals surface area contributed by atoms with Crippen LogP contribution in [0.5, 0.6) is 0 Å². The quantitative estimate of drug-likeness (QED) is 0.808. The largest absolute Gasteiger partial charge is 0.383 e. The lowest BCUT2D eigenvalue weighted by molar-refractivity contribution is 0.103. The number of ketones is 1. The molecular formula is C10H12ClN5O. The number of rotatable bonds is 4. The van der Waals surface area contributed by atoms with Crippen molar-refractivity contribution in [2.45, 2.75) is 19.9 Å². The fourth-order valence-electron chi connectivity index (χ4n) is 1.57. The molecule has 0 aliphatic heterocycles. The maximum atomic E-state index is 12.2. The number of hydrogen-bond acceptors (Lipinski definition) is 4. The van der Waals surface area contributed by atoms with Gasteiger partial charge in [-0.1, -0.05) is 18.5 Å². The van der Waals surface area contributed by atoms with Crippen molar-refractivity contribution in [2.75, 3.05) is 5.73 Å². The number of nitrogens with one attached hydrogen (secondary N) is 1. The second-order valence-electron chi connectivity index (χ2n) is 3.59. The van der Waals surface area contributed by atoms with Crippen molar-refractivity contribution >= 4 is 23.2 Å². The van der Waals surface area contributed by atoms with E-state index in [9.17, 15) is 4.79 Å². The molecule has 0 radical (unpaired) electrons. The number of carbonyl (C=O) groups is 1. The molecule has 0 fully saturated rings. The molecule has 0 saturated heterocycles. The first-order chi connectivity index (χ1) is 8.15. The third-order valence-corrected chi connectivity index (χ3v) is 2.64. The molecule has 0 aliphatic carbocycles. The molecule has 3 N–H and O–H groups in total. The molecule has 2 aromatic rings. The first kappa shape index (κ1) is 11.7. The molecule has 2 heterocycles. The molecule has 0 atom stereocenters. The lowest BCUT2D eigenvalue weighted by Gasteiger charge is -2.04. The van der Waals surface area contributed by atoms with Crippen LogP contribution in [-0.2, 0) is 6.54 Å². The Morgan fingerprint density at radius 2 is 2.35 bits per heavy atom. The van der Waals surface area contributed by atoms with Gasteiger partial charge in [0.25, 0.3) is 0 Å². The van der Waals surface area contributed by atoms with Crippen molar-refractivity contribution in [3.63, 3.8) is 0 Å². The summed E-state index contributed by atoms with van der Waals surface area (Å²) in [6.45, 7) is 2.63. The van der Waals surface area contributed by atoms with Gasteiger partial charge in [0, 0.05) is 6.54 Å². The first-order valence-electron chi connectivity index (χ1n) is 5.20. The van der Waals surface area contributed by atoms with Gasteiger partial charge in [-0.25, -0.2) is 0 Å². The number of halogens is 1. The van der Waals surface area contributed by atoms with E-state index in [0.717, 1.165) is 6.42 Å². The van der Waals surface area contributed by atoms with Crippen molar-refractivity contribution in [2.24, 2.45) is 0 Å². The highest BCUT2D eigenvalue weighted by atomic mass is 35.5. The fraction of sp³-hybridized carbons (Fsp3) is 0.300. The second-order valence-corrected chi connectivity index (χ2v) is 4.00. The van der Waals surface area contributed by atoms with Crippen LogP contribution in [0.4, 0.5) is 5.82 Å². The number of nitrogens with two attached hydrogens (primary N) is 1. The van der Waals surface area contributed by atoms with Crippen LogP contribution >= 0.6 is 11.6 Å². The first-order valence-corrected chi connectivity index (χ1v) is 5.57. The molecule has 0 spiro atoms. The summed E-state index contributed by atoms with van der Waals surface area (Å²) in [7, 11) is 0. The molecule has 0 aromatic carbocycles. The van der Waals surface area contributed by atoms with Crippen LogP contribution < -0.4 is 5.73 Å². The van der Waals surface area contributed by atoms with Gasteiger partial charge in [0.05, 0.1) is 23.0 Å². The number of aromatic nitrogens is 4. The topological polar surface area (TPSA) is 89.6 Å². The van der Waals surface area contributed by atoms with Crippen molar-refractivity contribution < 1.29 is 4.79 Å². The SMILES string of the molecule is CCCn1ncc(Cl)c1C(=O)c1cn[nH]c1N. The van der Waals surface area contributed by atoms with E-state index in [-0.39, 0.29) is 11.6 Å². The summed E-state index contributed by atoms with van der Waals surface area (Å²) in [6, 6.07) is 0. The Balaban J connectivity index is 2.43. The Hall–Kier alpha value is -1.82. The van der Waals surface area contributed by atoms with Crippen LogP contribution in [0.2, 0.25) is 5.02 Å². The third-order valence-electron chi connectivity index (χ3n) is 2.36. The predicted molar refractivity (Wildman–Crippen MR) is 64.0 cm³/mol. The minimum Gasteiger partial charge on any atom is -0.383 e. The summed E-state index contributed by atoms with van der Waals surface area (Å²) in [4.78, 5) is 12.2. The van der Waals surface area contributed by atoms with E-state index in [1.807, 2.05) is 6.92 Å².